The van der Waals surface area contributed by atoms with Crippen LogP contribution in [0.15, 0.2) is 36.7 Å². The third-order valence-electron chi connectivity index (χ3n) is 4.44. The van der Waals surface area contributed by atoms with E-state index >= 15 is 0 Å². The molecule has 1 aromatic carbocycles. The molecule has 0 spiro atoms. The van der Waals surface area contributed by atoms with Gasteiger partial charge in [0.1, 0.15) is 0 Å². The van der Waals surface area contributed by atoms with E-state index in [1.165, 1.54) is 49.7 Å². The molecule has 1 heteroatoms. The van der Waals surface area contributed by atoms with Gasteiger partial charge in [-0.05, 0) is 55.1 Å². The summed E-state index contributed by atoms with van der Waals surface area (Å²) in [6.45, 7) is 2.29. The average molecular weight is 260 g/mol. The maximum atomic E-state index is 12.0. The maximum Gasteiger partial charge on any atom is 0.0830 e. The molecule has 1 saturated carbocycles. The molecule has 0 amide bonds. The third-order valence-corrected chi connectivity index (χ3v) is 4.44. The van der Waals surface area contributed by atoms with Gasteiger partial charge in [0.05, 0.1) is 6.33 Å². The van der Waals surface area contributed by atoms with E-state index in [9.17, 15) is 4.39 Å². The second kappa shape index (κ2) is 7.47. The van der Waals surface area contributed by atoms with E-state index in [0.29, 0.717) is 12.8 Å². The van der Waals surface area contributed by atoms with Crippen LogP contribution in [-0.2, 0) is 6.42 Å². The Morgan fingerprint density at radius 3 is 2.37 bits per heavy atom. The maximum absolute atomic E-state index is 12.0. The first-order valence-corrected chi connectivity index (χ1v) is 7.67. The lowest BCUT2D eigenvalue weighted by Gasteiger charge is -2.28. The van der Waals surface area contributed by atoms with Gasteiger partial charge in [-0.15, -0.1) is 0 Å². The normalized spacial score (nSPS) is 23.9. The molecule has 0 N–H and O–H groups in total. The number of hydrogen-bond donors (Lipinski definition) is 0. The van der Waals surface area contributed by atoms with Gasteiger partial charge in [-0.2, -0.15) is 0 Å². The average Bonchev–Trinajstić information content (AvgIpc) is 2.47. The highest BCUT2D eigenvalue weighted by molar-refractivity contribution is 5.27. The van der Waals surface area contributed by atoms with Crippen LogP contribution in [-0.4, -0.2) is 0 Å². The smallest absolute Gasteiger partial charge is 0.0830 e. The summed E-state index contributed by atoms with van der Waals surface area (Å²) in [7, 11) is 0. The predicted octanol–water partition coefficient (Wildman–Crippen LogP) is 5.79. The number of benzene rings is 1. The van der Waals surface area contributed by atoms with E-state index in [1.54, 1.807) is 6.08 Å². The predicted molar refractivity (Wildman–Crippen MR) is 80.0 cm³/mol. The van der Waals surface area contributed by atoms with Crippen LogP contribution in [0.5, 0.6) is 0 Å². The van der Waals surface area contributed by atoms with Crippen LogP contribution in [0, 0.1) is 5.92 Å². The van der Waals surface area contributed by atoms with E-state index in [4.69, 9.17) is 0 Å². The molecule has 0 unspecified atom stereocenters. The molecule has 0 atom stereocenters. The van der Waals surface area contributed by atoms with Crippen LogP contribution in [0.25, 0.3) is 0 Å². The van der Waals surface area contributed by atoms with Crippen molar-refractivity contribution in [3.63, 3.8) is 0 Å². The van der Waals surface area contributed by atoms with E-state index in [2.05, 4.69) is 31.2 Å². The molecule has 1 aliphatic rings. The van der Waals surface area contributed by atoms with Gasteiger partial charge in [0.25, 0.3) is 0 Å². The first kappa shape index (κ1) is 14.3. The molecule has 2 rings (SSSR count). The molecule has 0 saturated heterocycles. The van der Waals surface area contributed by atoms with Crippen molar-refractivity contribution >= 4 is 0 Å². The fourth-order valence-electron chi connectivity index (χ4n) is 3.30. The monoisotopic (exact) mass is 260 g/mol. The van der Waals surface area contributed by atoms with Crippen molar-refractivity contribution in [2.45, 2.75) is 57.8 Å². The second-order valence-corrected chi connectivity index (χ2v) is 5.81. The zero-order valence-corrected chi connectivity index (χ0v) is 11.9. The minimum Gasteiger partial charge on any atom is -0.216 e. The molecule has 1 aliphatic carbocycles. The molecule has 0 aromatic heterocycles. The Morgan fingerprint density at radius 1 is 1.11 bits per heavy atom. The van der Waals surface area contributed by atoms with Gasteiger partial charge in [0.2, 0.25) is 0 Å². The summed E-state index contributed by atoms with van der Waals surface area (Å²) < 4.78 is 12.0. The lowest BCUT2D eigenvalue weighted by atomic mass is 9.77. The third kappa shape index (κ3) is 4.19. The lowest BCUT2D eigenvalue weighted by molar-refractivity contribution is 0.308. The van der Waals surface area contributed by atoms with Crippen LogP contribution >= 0.6 is 0 Å². The zero-order chi connectivity index (χ0) is 13.5. The molecule has 0 bridgehead atoms. The van der Waals surface area contributed by atoms with Crippen LogP contribution in [0.4, 0.5) is 4.39 Å². The molecule has 19 heavy (non-hydrogen) atoms. The van der Waals surface area contributed by atoms with Crippen LogP contribution in [0.3, 0.4) is 0 Å². The van der Waals surface area contributed by atoms with Crippen LogP contribution in [0.2, 0.25) is 0 Å². The highest BCUT2D eigenvalue weighted by Gasteiger charge is 2.21. The SMILES string of the molecule is CCCC1CCC(c2ccc(CC=CF)cc2)CC1. The Kier molecular flexibility index (Phi) is 5.62. The fourth-order valence-corrected chi connectivity index (χ4v) is 3.30. The highest BCUT2D eigenvalue weighted by Crippen LogP contribution is 2.37. The van der Waals surface area contributed by atoms with Crippen molar-refractivity contribution in [3.8, 4) is 0 Å². The van der Waals surface area contributed by atoms with Gasteiger partial charge in [-0.1, -0.05) is 50.1 Å². The van der Waals surface area contributed by atoms with Crippen LogP contribution < -0.4 is 0 Å². The van der Waals surface area contributed by atoms with Gasteiger partial charge in [0.15, 0.2) is 0 Å². The van der Waals surface area contributed by atoms with Gasteiger partial charge in [0, 0.05) is 0 Å². The van der Waals surface area contributed by atoms with Gasteiger partial charge >= 0.3 is 0 Å². The van der Waals surface area contributed by atoms with Gasteiger partial charge < -0.3 is 0 Å². The molecular weight excluding hydrogens is 235 g/mol. The number of rotatable bonds is 5. The Hall–Kier alpha value is -1.11. The summed E-state index contributed by atoms with van der Waals surface area (Å²) in [6.07, 6.45) is 11.1. The first-order chi connectivity index (χ1) is 9.33. The Labute approximate surface area is 116 Å². The van der Waals surface area contributed by atoms with E-state index in [0.717, 1.165) is 11.8 Å². The first-order valence-electron chi connectivity index (χ1n) is 7.67. The molecule has 104 valence electrons. The van der Waals surface area contributed by atoms with Crippen LogP contribution in [0.1, 0.15) is 62.5 Å². The molecule has 0 radical (unpaired) electrons. The molecule has 0 aliphatic heterocycles. The van der Waals surface area contributed by atoms with Gasteiger partial charge in [-0.25, -0.2) is 4.39 Å². The minimum absolute atomic E-state index is 0.628. The summed E-state index contributed by atoms with van der Waals surface area (Å²) >= 11 is 0. The standard InChI is InChI=1S/C18H25F/c1-2-4-15-6-10-17(11-7-15)18-12-8-16(9-13-18)5-3-14-19/h3,8-9,12-15,17H,2,4-7,10-11H2,1H3. The molecule has 0 heterocycles. The lowest BCUT2D eigenvalue weighted by Crippen LogP contribution is -2.13. The Morgan fingerprint density at radius 2 is 1.79 bits per heavy atom. The number of allylic oxidation sites excluding steroid dienone is 1. The summed E-state index contributed by atoms with van der Waals surface area (Å²) in [5, 5.41) is 0. The molecule has 0 nitrogen and oxygen atoms in total. The van der Waals surface area contributed by atoms with E-state index in [1.807, 2.05) is 0 Å². The summed E-state index contributed by atoms with van der Waals surface area (Å²) in [5.41, 5.74) is 2.67. The summed E-state index contributed by atoms with van der Waals surface area (Å²) in [5.74, 6) is 1.72. The van der Waals surface area contributed by atoms with Crippen molar-refractivity contribution in [2.75, 3.05) is 0 Å². The largest absolute Gasteiger partial charge is 0.216 e. The van der Waals surface area contributed by atoms with Crippen molar-refractivity contribution in [2.24, 2.45) is 5.92 Å². The fraction of sp³-hybridized carbons (Fsp3) is 0.556. The zero-order valence-electron chi connectivity index (χ0n) is 11.9. The topological polar surface area (TPSA) is 0 Å². The Balaban J connectivity index is 1.89. The summed E-state index contributed by atoms with van der Waals surface area (Å²) in [6, 6.07) is 8.78. The van der Waals surface area contributed by atoms with E-state index < -0.39 is 0 Å². The number of hydrogen-bond acceptors (Lipinski definition) is 0. The van der Waals surface area contributed by atoms with Crippen molar-refractivity contribution in [3.05, 3.63) is 47.8 Å². The van der Waals surface area contributed by atoms with Crippen molar-refractivity contribution < 1.29 is 4.39 Å². The summed E-state index contributed by atoms with van der Waals surface area (Å²) in [4.78, 5) is 0. The van der Waals surface area contributed by atoms with E-state index in [-0.39, 0.29) is 0 Å². The van der Waals surface area contributed by atoms with Crippen molar-refractivity contribution in [1.29, 1.82) is 0 Å². The second-order valence-electron chi connectivity index (χ2n) is 5.81. The molecular formula is C18H25F. The molecule has 1 fully saturated rings. The minimum atomic E-state index is 0.628. The molecule has 1 aromatic rings. The Bertz CT molecular complexity index is 383. The number of halogens is 1. The van der Waals surface area contributed by atoms with Gasteiger partial charge in [-0.3, -0.25) is 0 Å². The quantitative estimate of drug-likeness (QED) is 0.629. The highest BCUT2D eigenvalue weighted by atomic mass is 19.1. The van der Waals surface area contributed by atoms with Crippen molar-refractivity contribution in [1.82, 2.24) is 0 Å².